The van der Waals surface area contributed by atoms with Crippen LogP contribution in [0.1, 0.15) is 59.6 Å². The molecule has 0 saturated carbocycles. The zero-order valence-corrected chi connectivity index (χ0v) is 23.6. The number of esters is 1. The van der Waals surface area contributed by atoms with Gasteiger partial charge in [-0.2, -0.15) is 21.6 Å². The van der Waals surface area contributed by atoms with E-state index in [4.69, 9.17) is 4.74 Å². The fourth-order valence-electron chi connectivity index (χ4n) is 3.01. The molecule has 0 atom stereocenters. The number of methoxy groups -OCH3 is 1. The van der Waals surface area contributed by atoms with E-state index in [9.17, 15) is 31.2 Å². The van der Waals surface area contributed by atoms with Crippen LogP contribution in [0.2, 0.25) is 0 Å². The minimum Gasteiger partial charge on any atom is -0.469 e. The monoisotopic (exact) mass is 556 g/mol. The third-order valence-corrected chi connectivity index (χ3v) is 5.57. The Bertz CT molecular complexity index is 970. The second kappa shape index (κ2) is 15.0. The summed E-state index contributed by atoms with van der Waals surface area (Å²) in [5.74, 6) is -1.06. The molecule has 2 rings (SSSR count). The van der Waals surface area contributed by atoms with Crippen molar-refractivity contribution in [2.24, 2.45) is 0 Å². The second-order valence-corrected chi connectivity index (χ2v) is 9.96. The van der Waals surface area contributed by atoms with Crippen LogP contribution < -0.4 is 4.18 Å². The number of rotatable bonds is 6. The SMILES string of the molecule is CC.CC.COC(=O)Cc1ccc(OS(=O)(=O)C(F)(F)F)c(CN2CCN(C(=O)OC(C)(C)C)CC2)c1. The first kappa shape index (κ1) is 34.5. The van der Waals surface area contributed by atoms with Crippen molar-refractivity contribution in [3.8, 4) is 5.75 Å². The molecule has 9 nitrogen and oxygen atoms in total. The van der Waals surface area contributed by atoms with Crippen molar-refractivity contribution in [2.45, 2.75) is 72.5 Å². The molecular formula is C24H39F3N2O7S. The van der Waals surface area contributed by atoms with Crippen molar-refractivity contribution >= 4 is 22.2 Å². The van der Waals surface area contributed by atoms with Crippen LogP contribution in [0.15, 0.2) is 18.2 Å². The maximum atomic E-state index is 12.8. The molecule has 1 amide bonds. The lowest BCUT2D eigenvalue weighted by Gasteiger charge is -2.35. The standard InChI is InChI=1S/C20H27F3N2O7S.2C2H6/c1-19(2,3)31-18(27)25-9-7-24(8-10-25)13-15-11-14(12-17(26)30-4)5-6-16(15)32-33(28,29)20(21,22)23;2*1-2/h5-6,11H,7-10,12-13H2,1-4H3;2*1-2H3. The van der Waals surface area contributed by atoms with Gasteiger partial charge in [-0.3, -0.25) is 9.69 Å². The van der Waals surface area contributed by atoms with E-state index in [1.165, 1.54) is 24.1 Å². The molecule has 0 aromatic heterocycles. The highest BCUT2D eigenvalue weighted by Crippen LogP contribution is 2.30. The third kappa shape index (κ3) is 11.6. The Labute approximate surface area is 218 Å². The fraction of sp³-hybridized carbons (Fsp3) is 0.667. The summed E-state index contributed by atoms with van der Waals surface area (Å²) in [5, 5.41) is 0. The molecule has 13 heteroatoms. The average Bonchev–Trinajstić information content (AvgIpc) is 2.81. The predicted octanol–water partition coefficient (Wildman–Crippen LogP) is 4.74. The summed E-state index contributed by atoms with van der Waals surface area (Å²) in [6.07, 6.45) is -0.620. The van der Waals surface area contributed by atoms with E-state index >= 15 is 0 Å². The normalized spacial score (nSPS) is 14.4. The number of piperazine rings is 1. The number of ether oxygens (including phenoxy) is 2. The van der Waals surface area contributed by atoms with Gasteiger partial charge in [0.1, 0.15) is 11.4 Å². The van der Waals surface area contributed by atoms with Crippen LogP contribution in [0.25, 0.3) is 0 Å². The lowest BCUT2D eigenvalue weighted by Crippen LogP contribution is -2.49. The van der Waals surface area contributed by atoms with Gasteiger partial charge in [0.15, 0.2) is 0 Å². The highest BCUT2D eigenvalue weighted by atomic mass is 32.2. The Morgan fingerprint density at radius 2 is 1.51 bits per heavy atom. The Morgan fingerprint density at radius 1 is 0.973 bits per heavy atom. The van der Waals surface area contributed by atoms with Gasteiger partial charge in [-0.05, 0) is 32.4 Å². The van der Waals surface area contributed by atoms with Crippen LogP contribution in [0, 0.1) is 0 Å². The van der Waals surface area contributed by atoms with E-state index < -0.39 is 39.0 Å². The van der Waals surface area contributed by atoms with Crippen LogP contribution >= 0.6 is 0 Å². The Balaban J connectivity index is 0.00000308. The van der Waals surface area contributed by atoms with Crippen molar-refractivity contribution in [3.05, 3.63) is 29.3 Å². The second-order valence-electron chi connectivity index (χ2n) is 8.42. The first-order chi connectivity index (χ1) is 17.1. The highest BCUT2D eigenvalue weighted by molar-refractivity contribution is 7.88. The molecule has 0 spiro atoms. The summed E-state index contributed by atoms with van der Waals surface area (Å²) in [6, 6.07) is 3.77. The molecule has 0 radical (unpaired) electrons. The van der Waals surface area contributed by atoms with Crippen molar-refractivity contribution in [1.29, 1.82) is 0 Å². The molecule has 0 N–H and O–H groups in total. The Kier molecular flexibility index (Phi) is 14.0. The van der Waals surface area contributed by atoms with Gasteiger partial charge in [0, 0.05) is 38.3 Å². The molecule has 0 bridgehead atoms. The number of alkyl halides is 3. The van der Waals surface area contributed by atoms with Gasteiger partial charge in [0.25, 0.3) is 0 Å². The lowest BCUT2D eigenvalue weighted by atomic mass is 10.1. The molecule has 214 valence electrons. The molecule has 0 aliphatic carbocycles. The maximum absolute atomic E-state index is 12.8. The van der Waals surface area contributed by atoms with E-state index in [1.807, 2.05) is 32.6 Å². The number of hydrogen-bond donors (Lipinski definition) is 0. The summed E-state index contributed by atoms with van der Waals surface area (Å²) in [6.45, 7) is 14.6. The number of halogens is 3. The first-order valence-corrected chi connectivity index (χ1v) is 13.4. The van der Waals surface area contributed by atoms with Gasteiger partial charge in [0.2, 0.25) is 0 Å². The summed E-state index contributed by atoms with van der Waals surface area (Å²) < 4.78 is 75.7. The van der Waals surface area contributed by atoms with E-state index in [0.29, 0.717) is 31.7 Å². The zero-order valence-electron chi connectivity index (χ0n) is 22.8. The Morgan fingerprint density at radius 3 is 1.97 bits per heavy atom. The summed E-state index contributed by atoms with van der Waals surface area (Å²) in [5.41, 5.74) is -5.67. The number of benzene rings is 1. The van der Waals surface area contributed by atoms with Crippen LogP contribution in [-0.4, -0.2) is 74.7 Å². The predicted molar refractivity (Wildman–Crippen MR) is 134 cm³/mol. The first-order valence-electron chi connectivity index (χ1n) is 12.0. The number of carbonyl (C=O) groups is 2. The maximum Gasteiger partial charge on any atom is 0.534 e. The molecule has 1 heterocycles. The van der Waals surface area contributed by atoms with Crippen LogP contribution in [-0.2, 0) is 37.4 Å². The molecule has 0 unspecified atom stereocenters. The van der Waals surface area contributed by atoms with Crippen LogP contribution in [0.3, 0.4) is 0 Å². The summed E-state index contributed by atoms with van der Waals surface area (Å²) in [4.78, 5) is 27.1. The number of carbonyl (C=O) groups excluding carboxylic acids is 2. The Hall–Kier alpha value is -2.54. The van der Waals surface area contributed by atoms with Gasteiger partial charge in [0.05, 0.1) is 13.5 Å². The molecule has 1 aliphatic rings. The van der Waals surface area contributed by atoms with E-state index in [1.54, 1.807) is 20.8 Å². The smallest absolute Gasteiger partial charge is 0.469 e. The van der Waals surface area contributed by atoms with Crippen molar-refractivity contribution < 1.29 is 44.8 Å². The number of hydrogen-bond acceptors (Lipinski definition) is 8. The summed E-state index contributed by atoms with van der Waals surface area (Å²) in [7, 11) is -4.68. The van der Waals surface area contributed by atoms with Gasteiger partial charge in [-0.25, -0.2) is 4.79 Å². The van der Waals surface area contributed by atoms with Crippen molar-refractivity contribution in [2.75, 3.05) is 33.3 Å². The van der Waals surface area contributed by atoms with E-state index in [-0.39, 0.29) is 18.5 Å². The van der Waals surface area contributed by atoms with E-state index in [2.05, 4.69) is 8.92 Å². The zero-order chi connectivity index (χ0) is 29.0. The molecular weight excluding hydrogens is 517 g/mol. The molecule has 1 aromatic carbocycles. The van der Waals surface area contributed by atoms with Crippen molar-refractivity contribution in [3.63, 3.8) is 0 Å². The largest absolute Gasteiger partial charge is 0.534 e. The highest BCUT2D eigenvalue weighted by Gasteiger charge is 2.48. The molecule has 1 fully saturated rings. The van der Waals surface area contributed by atoms with Crippen molar-refractivity contribution in [1.82, 2.24) is 9.80 Å². The van der Waals surface area contributed by atoms with Crippen LogP contribution in [0.5, 0.6) is 5.75 Å². The van der Waals surface area contributed by atoms with Crippen LogP contribution in [0.4, 0.5) is 18.0 Å². The quantitative estimate of drug-likeness (QED) is 0.281. The fourth-order valence-corrected chi connectivity index (χ4v) is 3.50. The van der Waals surface area contributed by atoms with Gasteiger partial charge in [-0.1, -0.05) is 39.8 Å². The molecule has 1 aromatic rings. The van der Waals surface area contributed by atoms with Gasteiger partial charge in [-0.15, -0.1) is 0 Å². The summed E-state index contributed by atoms with van der Waals surface area (Å²) >= 11 is 0. The topological polar surface area (TPSA) is 102 Å². The molecule has 1 saturated heterocycles. The number of nitrogens with zero attached hydrogens (tertiary/aromatic N) is 2. The van der Waals surface area contributed by atoms with Gasteiger partial charge >= 0.3 is 27.7 Å². The minimum atomic E-state index is -5.87. The van der Waals surface area contributed by atoms with Gasteiger partial charge < -0.3 is 18.6 Å². The molecule has 37 heavy (non-hydrogen) atoms. The number of amides is 1. The van der Waals surface area contributed by atoms with E-state index in [0.717, 1.165) is 6.07 Å². The average molecular weight is 557 g/mol. The lowest BCUT2D eigenvalue weighted by molar-refractivity contribution is -0.139. The third-order valence-electron chi connectivity index (χ3n) is 4.60. The minimum absolute atomic E-state index is 0.0415. The molecule has 1 aliphatic heterocycles.